The molecular weight excluding hydrogens is 710 g/mol. The fourth-order valence-electron chi connectivity index (χ4n) is 8.54. The summed E-state index contributed by atoms with van der Waals surface area (Å²) in [7, 11) is 1.32. The van der Waals surface area contributed by atoms with E-state index in [1.807, 2.05) is 0 Å². The Labute approximate surface area is 292 Å². The Morgan fingerprint density at radius 3 is 2.16 bits per heavy atom. The fourth-order valence-corrected chi connectivity index (χ4v) is 9.43. The number of benzene rings is 2. The number of alkyl halides is 2. The van der Waals surface area contributed by atoms with Crippen LogP contribution in [0, 0.1) is 52.8 Å². The summed E-state index contributed by atoms with van der Waals surface area (Å²) in [6.45, 7) is 0. The number of halogens is 7. The molecule has 2 saturated heterocycles. The maximum atomic E-state index is 15.2. The average molecular weight is 740 g/mol. The summed E-state index contributed by atoms with van der Waals surface area (Å²) in [4.78, 5) is 52.3. The molecule has 0 radical (unpaired) electrons. The van der Waals surface area contributed by atoms with Crippen molar-refractivity contribution in [3.05, 3.63) is 70.6 Å². The number of methoxy groups -OCH3 is 1. The maximum Gasteiger partial charge on any atom is 0.258 e. The second-order valence-corrected chi connectivity index (χ2v) is 14.6. The van der Waals surface area contributed by atoms with Crippen molar-refractivity contribution in [2.75, 3.05) is 12.0 Å². The first-order chi connectivity index (χ1) is 23.7. The van der Waals surface area contributed by atoms with Crippen molar-refractivity contribution < 1.29 is 51.0 Å². The van der Waals surface area contributed by atoms with E-state index in [1.54, 1.807) is 6.08 Å². The number of ether oxygens (including phenoxy) is 1. The summed E-state index contributed by atoms with van der Waals surface area (Å²) < 4.78 is 78.4. The van der Waals surface area contributed by atoms with E-state index in [2.05, 4.69) is 0 Å². The van der Waals surface area contributed by atoms with Gasteiger partial charge in [-0.3, -0.25) is 24.1 Å². The molecule has 0 aromatic heterocycles. The Bertz CT molecular complexity index is 1910. The minimum absolute atomic E-state index is 0.0768. The van der Waals surface area contributed by atoms with E-state index in [-0.39, 0.29) is 34.8 Å². The number of phenolic OH excluding ortho intramolecular Hbond substituents is 1. The molecule has 4 fully saturated rings. The number of rotatable bonds is 5. The van der Waals surface area contributed by atoms with Gasteiger partial charge in [0.05, 0.1) is 18.9 Å². The van der Waals surface area contributed by atoms with Crippen LogP contribution in [-0.2, 0) is 19.2 Å². The predicted molar refractivity (Wildman–Crippen MR) is 170 cm³/mol. The molecule has 6 unspecified atom stereocenters. The normalized spacial score (nSPS) is 31.3. The van der Waals surface area contributed by atoms with Crippen LogP contribution in [0.25, 0.3) is 6.08 Å². The third-order valence-corrected chi connectivity index (χ3v) is 12.4. The molecule has 2 aliphatic heterocycles. The number of phenols is 1. The first-order valence-corrected chi connectivity index (χ1v) is 16.8. The van der Waals surface area contributed by atoms with Gasteiger partial charge in [0.1, 0.15) is 5.69 Å². The first kappa shape index (κ1) is 34.5. The Morgan fingerprint density at radius 2 is 1.52 bits per heavy atom. The number of carbonyl (C=O) groups is 4. The minimum Gasteiger partial charge on any atom is -0.504 e. The SMILES string of the molecule is COc1cc(C=CC2C3=CCC4C(=O)N(C5CCCCC5)C(=O)C4C3CC3(Cl)C(=O)N(c4c(F)c(F)c(F)c(F)c4F)C(=O)C23Cl)ccc1O. The van der Waals surface area contributed by atoms with E-state index in [1.165, 1.54) is 42.4 Å². The number of amides is 4. The number of allylic oxidation sites excluding steroid dienone is 3. The lowest BCUT2D eigenvalue weighted by Crippen LogP contribution is -2.60. The zero-order chi connectivity index (χ0) is 36.0. The van der Waals surface area contributed by atoms with E-state index in [4.69, 9.17) is 27.9 Å². The molecule has 5 aliphatic rings. The molecule has 0 bridgehead atoms. The van der Waals surface area contributed by atoms with Crippen LogP contribution in [0.3, 0.4) is 0 Å². The van der Waals surface area contributed by atoms with Crippen molar-refractivity contribution in [1.29, 1.82) is 0 Å². The lowest BCUT2D eigenvalue weighted by atomic mass is 9.57. The van der Waals surface area contributed by atoms with Crippen molar-refractivity contribution in [2.45, 2.75) is 60.7 Å². The van der Waals surface area contributed by atoms with Crippen molar-refractivity contribution >= 4 is 58.6 Å². The van der Waals surface area contributed by atoms with Crippen LogP contribution in [0.4, 0.5) is 27.6 Å². The van der Waals surface area contributed by atoms with Gasteiger partial charge < -0.3 is 9.84 Å². The molecule has 50 heavy (non-hydrogen) atoms. The lowest BCUT2D eigenvalue weighted by Gasteiger charge is -2.49. The van der Waals surface area contributed by atoms with Crippen LogP contribution in [0.5, 0.6) is 11.5 Å². The highest BCUT2D eigenvalue weighted by atomic mass is 35.5. The van der Waals surface area contributed by atoms with Crippen LogP contribution >= 0.6 is 23.2 Å². The smallest absolute Gasteiger partial charge is 0.258 e. The van der Waals surface area contributed by atoms with Gasteiger partial charge in [-0.15, -0.1) is 23.2 Å². The molecular formula is C35H29Cl2F5N2O6. The zero-order valence-corrected chi connectivity index (χ0v) is 27.8. The third-order valence-electron chi connectivity index (χ3n) is 10.9. The molecule has 2 saturated carbocycles. The largest absolute Gasteiger partial charge is 0.504 e. The van der Waals surface area contributed by atoms with Gasteiger partial charge in [0.25, 0.3) is 11.8 Å². The number of aromatic hydroxyl groups is 1. The zero-order valence-electron chi connectivity index (χ0n) is 26.3. The summed E-state index contributed by atoms with van der Waals surface area (Å²) in [6.07, 6.45) is 7.92. The summed E-state index contributed by atoms with van der Waals surface area (Å²) in [5.74, 6) is -20.4. The molecule has 4 amide bonds. The number of likely N-dealkylation sites (tertiary alicyclic amines) is 1. The molecule has 0 spiro atoms. The molecule has 15 heteroatoms. The number of fused-ring (bicyclic) bond motifs is 4. The second kappa shape index (κ2) is 12.1. The van der Waals surface area contributed by atoms with Crippen LogP contribution in [0.2, 0.25) is 0 Å². The van der Waals surface area contributed by atoms with Crippen molar-refractivity contribution in [1.82, 2.24) is 4.90 Å². The van der Waals surface area contributed by atoms with Gasteiger partial charge >= 0.3 is 0 Å². The summed E-state index contributed by atoms with van der Waals surface area (Å²) in [5.41, 5.74) is -1.07. The highest BCUT2D eigenvalue weighted by Crippen LogP contribution is 2.64. The molecule has 1 N–H and O–H groups in total. The number of imide groups is 2. The number of hydrogen-bond donors (Lipinski definition) is 1. The van der Waals surface area contributed by atoms with Gasteiger partial charge in [0.15, 0.2) is 44.5 Å². The minimum atomic E-state index is -2.60. The third kappa shape index (κ3) is 4.61. The fraction of sp³-hybridized carbons (Fsp3) is 0.429. The quantitative estimate of drug-likeness (QED) is 0.0934. The van der Waals surface area contributed by atoms with Gasteiger partial charge in [0, 0.05) is 12.0 Å². The first-order valence-electron chi connectivity index (χ1n) is 16.1. The number of nitrogens with zero attached hydrogens (tertiary/aromatic N) is 2. The van der Waals surface area contributed by atoms with Gasteiger partial charge in [-0.1, -0.05) is 49.1 Å². The molecule has 8 nitrogen and oxygen atoms in total. The van der Waals surface area contributed by atoms with Gasteiger partial charge in [-0.05, 0) is 49.3 Å². The molecule has 3 aliphatic carbocycles. The van der Waals surface area contributed by atoms with Gasteiger partial charge in [-0.25, -0.2) is 26.9 Å². The number of hydrogen-bond acceptors (Lipinski definition) is 6. The predicted octanol–water partition coefficient (Wildman–Crippen LogP) is 6.54. The van der Waals surface area contributed by atoms with Gasteiger partial charge in [0.2, 0.25) is 17.6 Å². The van der Waals surface area contributed by atoms with E-state index in [0.29, 0.717) is 24.0 Å². The Morgan fingerprint density at radius 1 is 0.880 bits per heavy atom. The van der Waals surface area contributed by atoms with Crippen LogP contribution < -0.4 is 9.64 Å². The molecule has 7 rings (SSSR count). The molecule has 6 atom stereocenters. The Kier molecular flexibility index (Phi) is 8.33. The van der Waals surface area contributed by atoms with E-state index >= 15 is 8.78 Å². The highest BCUT2D eigenvalue weighted by Gasteiger charge is 2.76. The molecule has 2 aromatic rings. The lowest BCUT2D eigenvalue weighted by molar-refractivity contribution is -0.143. The molecule has 2 heterocycles. The summed E-state index contributed by atoms with van der Waals surface area (Å²) in [6, 6.07) is 3.94. The number of anilines is 1. The van der Waals surface area contributed by atoms with E-state index in [9.17, 15) is 37.5 Å². The van der Waals surface area contributed by atoms with Crippen LogP contribution in [-0.4, -0.2) is 56.5 Å². The van der Waals surface area contributed by atoms with E-state index in [0.717, 1.165) is 19.3 Å². The van der Waals surface area contributed by atoms with Crippen LogP contribution in [0.15, 0.2) is 35.9 Å². The van der Waals surface area contributed by atoms with Crippen molar-refractivity contribution in [3.63, 3.8) is 0 Å². The van der Waals surface area contributed by atoms with Gasteiger partial charge in [-0.2, -0.15) is 0 Å². The van der Waals surface area contributed by atoms with Crippen molar-refractivity contribution in [2.24, 2.45) is 23.7 Å². The highest BCUT2D eigenvalue weighted by molar-refractivity contribution is 6.58. The Hall–Kier alpha value is -3.97. The Balaban J connectivity index is 1.38. The molecule has 2 aromatic carbocycles. The van der Waals surface area contributed by atoms with Crippen molar-refractivity contribution in [3.8, 4) is 11.5 Å². The average Bonchev–Trinajstić information content (AvgIpc) is 3.45. The summed E-state index contributed by atoms with van der Waals surface area (Å²) >= 11 is 14.2. The maximum absolute atomic E-state index is 15.2. The monoisotopic (exact) mass is 738 g/mol. The second-order valence-electron chi connectivity index (χ2n) is 13.4. The molecule has 264 valence electrons. The van der Waals surface area contributed by atoms with Crippen LogP contribution in [0.1, 0.15) is 50.5 Å². The standard InChI is InChI=1S/C35H29Cl2F5N2O6/c1-50-22-13-15(8-12-21(22)45)7-11-20-17-9-10-18-23(31(47)43(30(18)46)16-5-3-2-4-6-16)19(17)14-34(36)32(48)44(33(49)35(20,34)37)29-27(41)25(39)24(38)26(40)28(29)42/h7-9,11-13,16,18-20,23,45H,2-6,10,14H2,1H3. The summed E-state index contributed by atoms with van der Waals surface area (Å²) in [5, 5.41) is 10.1. The topological polar surface area (TPSA) is 104 Å². The number of carbonyl (C=O) groups excluding carboxylic acids is 4. The van der Waals surface area contributed by atoms with E-state index < -0.39 is 92.3 Å².